The van der Waals surface area contributed by atoms with Gasteiger partial charge < -0.3 is 0 Å². The molecule has 0 heterocycles. The maximum absolute atomic E-state index is 5.98. The van der Waals surface area contributed by atoms with Gasteiger partial charge in [0, 0.05) is 6.04 Å². The molecule has 1 aromatic carbocycles. The number of benzene rings is 1. The average Bonchev–Trinajstić information content (AvgIpc) is 2.49. The van der Waals surface area contributed by atoms with Crippen LogP contribution in [0.15, 0.2) is 43.0 Å². The third-order valence-electron chi connectivity index (χ3n) is 3.46. The predicted octanol–water partition coefficient (Wildman–Crippen LogP) is 5.18. The zero-order valence-electron chi connectivity index (χ0n) is 13.0. The van der Waals surface area contributed by atoms with Crippen LogP contribution in [0.5, 0.6) is 0 Å². The summed E-state index contributed by atoms with van der Waals surface area (Å²) in [6.45, 7) is 8.24. The minimum Gasteiger partial charge on any atom is -0.293 e. The van der Waals surface area contributed by atoms with Crippen molar-refractivity contribution in [3.63, 3.8) is 0 Å². The van der Waals surface area contributed by atoms with Gasteiger partial charge in [-0.25, -0.2) is 0 Å². The topological polar surface area (TPSA) is 21.3 Å². The standard InChI is InChI=1S/C18H29NO/c1-4-7-15-17(11-5-2)19-20-18(12-6-3)16-13-9-8-10-14-16/h5,8-10,13-14,17-19H,2,4,6-7,11-12,15H2,1,3H3. The Bertz CT molecular complexity index is 350. The molecule has 0 saturated carbocycles. The van der Waals surface area contributed by atoms with Gasteiger partial charge in [-0.05, 0) is 24.8 Å². The number of hydrogen-bond acceptors (Lipinski definition) is 2. The van der Waals surface area contributed by atoms with Crippen LogP contribution in [0.1, 0.15) is 64.0 Å². The summed E-state index contributed by atoms with van der Waals surface area (Å²) >= 11 is 0. The lowest BCUT2D eigenvalue weighted by Gasteiger charge is -2.22. The summed E-state index contributed by atoms with van der Waals surface area (Å²) in [5.41, 5.74) is 4.51. The van der Waals surface area contributed by atoms with Crippen molar-refractivity contribution < 1.29 is 4.84 Å². The summed E-state index contributed by atoms with van der Waals surface area (Å²) in [4.78, 5) is 5.98. The summed E-state index contributed by atoms with van der Waals surface area (Å²) in [5.74, 6) is 0. The van der Waals surface area contributed by atoms with Crippen LogP contribution in [-0.4, -0.2) is 6.04 Å². The highest BCUT2D eigenvalue weighted by molar-refractivity contribution is 5.17. The van der Waals surface area contributed by atoms with E-state index in [0.29, 0.717) is 6.04 Å². The molecule has 1 N–H and O–H groups in total. The minimum atomic E-state index is 0.134. The molecule has 0 fully saturated rings. The average molecular weight is 275 g/mol. The van der Waals surface area contributed by atoms with Gasteiger partial charge in [0.2, 0.25) is 0 Å². The van der Waals surface area contributed by atoms with Crippen LogP contribution in [-0.2, 0) is 4.84 Å². The Kier molecular flexibility index (Phi) is 9.01. The van der Waals surface area contributed by atoms with Gasteiger partial charge in [0.25, 0.3) is 0 Å². The maximum atomic E-state index is 5.98. The molecule has 0 aliphatic carbocycles. The van der Waals surface area contributed by atoms with Crippen molar-refractivity contribution in [3.8, 4) is 0 Å². The van der Waals surface area contributed by atoms with E-state index in [4.69, 9.17) is 4.84 Å². The molecule has 0 aliphatic rings. The van der Waals surface area contributed by atoms with Crippen LogP contribution in [0.4, 0.5) is 0 Å². The van der Waals surface area contributed by atoms with Crippen LogP contribution in [0, 0.1) is 0 Å². The van der Waals surface area contributed by atoms with E-state index in [0.717, 1.165) is 25.7 Å². The Morgan fingerprint density at radius 3 is 2.50 bits per heavy atom. The van der Waals surface area contributed by atoms with Crippen molar-refractivity contribution in [2.75, 3.05) is 0 Å². The molecule has 112 valence electrons. The van der Waals surface area contributed by atoms with Crippen molar-refractivity contribution >= 4 is 0 Å². The largest absolute Gasteiger partial charge is 0.293 e. The SMILES string of the molecule is C=CCC(CCCC)NOC(CCC)c1ccccc1. The third kappa shape index (κ3) is 6.36. The Morgan fingerprint density at radius 2 is 1.90 bits per heavy atom. The molecule has 20 heavy (non-hydrogen) atoms. The number of unbranched alkanes of at least 4 members (excludes halogenated alkanes) is 1. The smallest absolute Gasteiger partial charge is 0.104 e. The molecule has 2 atom stereocenters. The van der Waals surface area contributed by atoms with E-state index in [9.17, 15) is 0 Å². The predicted molar refractivity (Wildman–Crippen MR) is 86.4 cm³/mol. The van der Waals surface area contributed by atoms with Crippen molar-refractivity contribution in [1.82, 2.24) is 5.48 Å². The molecule has 0 aromatic heterocycles. The summed E-state index contributed by atoms with van der Waals surface area (Å²) in [6.07, 6.45) is 8.77. The van der Waals surface area contributed by atoms with Gasteiger partial charge in [-0.1, -0.05) is 69.5 Å². The van der Waals surface area contributed by atoms with E-state index >= 15 is 0 Å². The van der Waals surface area contributed by atoms with Crippen molar-refractivity contribution in [3.05, 3.63) is 48.6 Å². The van der Waals surface area contributed by atoms with Crippen molar-refractivity contribution in [1.29, 1.82) is 0 Å². The van der Waals surface area contributed by atoms with Crippen LogP contribution in [0.3, 0.4) is 0 Å². The van der Waals surface area contributed by atoms with E-state index in [1.165, 1.54) is 18.4 Å². The Hall–Kier alpha value is -1.12. The fourth-order valence-corrected chi connectivity index (χ4v) is 2.28. The second-order valence-corrected chi connectivity index (χ2v) is 5.29. The first-order valence-electron chi connectivity index (χ1n) is 7.88. The van der Waals surface area contributed by atoms with Crippen molar-refractivity contribution in [2.24, 2.45) is 0 Å². The third-order valence-corrected chi connectivity index (χ3v) is 3.46. The number of nitrogens with one attached hydrogen (secondary N) is 1. The van der Waals surface area contributed by atoms with Crippen molar-refractivity contribution in [2.45, 2.75) is 64.5 Å². The van der Waals surface area contributed by atoms with Gasteiger partial charge in [0.15, 0.2) is 0 Å². The summed E-state index contributed by atoms with van der Waals surface area (Å²) < 4.78 is 0. The first-order chi connectivity index (χ1) is 9.81. The lowest BCUT2D eigenvalue weighted by Crippen LogP contribution is -2.30. The van der Waals surface area contributed by atoms with Gasteiger partial charge in [-0.2, -0.15) is 5.48 Å². The second-order valence-electron chi connectivity index (χ2n) is 5.29. The second kappa shape index (κ2) is 10.6. The fourth-order valence-electron chi connectivity index (χ4n) is 2.28. The molecule has 0 saturated heterocycles. The molecular formula is C18H29NO. The molecule has 0 bridgehead atoms. The molecule has 0 spiro atoms. The highest BCUT2D eigenvalue weighted by Crippen LogP contribution is 2.22. The van der Waals surface area contributed by atoms with Crippen LogP contribution in [0.25, 0.3) is 0 Å². The minimum absolute atomic E-state index is 0.134. The van der Waals surface area contributed by atoms with E-state index in [-0.39, 0.29) is 6.10 Å². The molecule has 1 rings (SSSR count). The van der Waals surface area contributed by atoms with Crippen LogP contribution < -0.4 is 5.48 Å². The molecular weight excluding hydrogens is 246 g/mol. The van der Waals surface area contributed by atoms with Crippen LogP contribution >= 0.6 is 0 Å². The zero-order chi connectivity index (χ0) is 14.6. The van der Waals surface area contributed by atoms with E-state index < -0.39 is 0 Å². The van der Waals surface area contributed by atoms with Gasteiger partial charge in [-0.3, -0.25) is 4.84 Å². The van der Waals surface area contributed by atoms with E-state index in [1.807, 2.05) is 12.1 Å². The Balaban J connectivity index is 2.53. The summed E-state index contributed by atoms with van der Waals surface area (Å²) in [6, 6.07) is 10.8. The molecule has 0 radical (unpaired) electrons. The van der Waals surface area contributed by atoms with E-state index in [1.54, 1.807) is 0 Å². The number of hydrogen-bond donors (Lipinski definition) is 1. The fraction of sp³-hybridized carbons (Fsp3) is 0.556. The van der Waals surface area contributed by atoms with Crippen LogP contribution in [0.2, 0.25) is 0 Å². The monoisotopic (exact) mass is 275 g/mol. The van der Waals surface area contributed by atoms with E-state index in [2.05, 4.69) is 50.2 Å². The Morgan fingerprint density at radius 1 is 1.15 bits per heavy atom. The molecule has 0 amide bonds. The normalized spacial score (nSPS) is 13.9. The van der Waals surface area contributed by atoms with Gasteiger partial charge >= 0.3 is 0 Å². The highest BCUT2D eigenvalue weighted by Gasteiger charge is 2.14. The molecule has 0 aliphatic heterocycles. The molecule has 2 nitrogen and oxygen atoms in total. The first-order valence-corrected chi connectivity index (χ1v) is 7.88. The molecule has 1 aromatic rings. The zero-order valence-corrected chi connectivity index (χ0v) is 13.0. The lowest BCUT2D eigenvalue weighted by atomic mass is 10.1. The van der Waals surface area contributed by atoms with Gasteiger partial charge in [-0.15, -0.1) is 6.58 Å². The Labute approximate surface area is 124 Å². The number of rotatable bonds is 11. The number of hydroxylamine groups is 1. The lowest BCUT2D eigenvalue weighted by molar-refractivity contribution is -0.0510. The molecule has 2 unspecified atom stereocenters. The van der Waals surface area contributed by atoms with Gasteiger partial charge in [0.05, 0.1) is 0 Å². The van der Waals surface area contributed by atoms with Gasteiger partial charge in [0.1, 0.15) is 6.10 Å². The summed E-state index contributed by atoms with van der Waals surface area (Å²) in [5, 5.41) is 0. The first kappa shape index (κ1) is 16.9. The quantitative estimate of drug-likeness (QED) is 0.443. The maximum Gasteiger partial charge on any atom is 0.104 e. The molecule has 2 heteroatoms. The summed E-state index contributed by atoms with van der Waals surface area (Å²) in [7, 11) is 0. The highest BCUT2D eigenvalue weighted by atomic mass is 16.7.